The van der Waals surface area contributed by atoms with Gasteiger partial charge in [-0.1, -0.05) is 57.2 Å². The van der Waals surface area contributed by atoms with Crippen LogP contribution in [0.5, 0.6) is 0 Å². The minimum atomic E-state index is -0.946. The van der Waals surface area contributed by atoms with E-state index in [9.17, 15) is 10.2 Å². The monoisotopic (exact) mass is 363 g/mol. The van der Waals surface area contributed by atoms with Gasteiger partial charge in [0, 0.05) is 0 Å². The van der Waals surface area contributed by atoms with Crippen molar-refractivity contribution < 1.29 is 10.2 Å². The summed E-state index contributed by atoms with van der Waals surface area (Å²) in [5.41, 5.74) is 15.4. The lowest BCUT2D eigenvalue weighted by Gasteiger charge is -2.24. The average molecular weight is 364 g/mol. The van der Waals surface area contributed by atoms with E-state index >= 15 is 0 Å². The Balaban J connectivity index is 2.68. The molecular formula is C20H35N4O2+. The van der Waals surface area contributed by atoms with Gasteiger partial charge in [-0.3, -0.25) is 0 Å². The van der Waals surface area contributed by atoms with Gasteiger partial charge in [-0.05, 0) is 42.4 Å². The van der Waals surface area contributed by atoms with Crippen molar-refractivity contribution in [3.63, 3.8) is 0 Å². The van der Waals surface area contributed by atoms with Crippen molar-refractivity contribution in [2.45, 2.75) is 76.8 Å². The van der Waals surface area contributed by atoms with Gasteiger partial charge in [-0.15, -0.1) is 0 Å². The molecule has 26 heavy (non-hydrogen) atoms. The number of nitrogens with two attached hydrogens (primary N) is 1. The lowest BCUT2D eigenvalue weighted by atomic mass is 9.91. The smallest absolute Gasteiger partial charge is 0.214 e. The molecule has 0 aromatic heterocycles. The predicted octanol–water partition coefficient (Wildman–Crippen LogP) is 3.25. The Morgan fingerprint density at radius 1 is 1.04 bits per heavy atom. The van der Waals surface area contributed by atoms with Gasteiger partial charge in [0.25, 0.3) is 0 Å². The first-order chi connectivity index (χ1) is 12.6. The molecule has 6 nitrogen and oxygen atoms in total. The number of unbranched alkanes of at least 4 members (excludes halogenated alkanes) is 5. The minimum Gasteiger partial charge on any atom is -0.394 e. The summed E-state index contributed by atoms with van der Waals surface area (Å²) >= 11 is 0. The van der Waals surface area contributed by atoms with Crippen molar-refractivity contribution >= 4 is 0 Å². The zero-order chi connectivity index (χ0) is 19.3. The van der Waals surface area contributed by atoms with E-state index in [1.165, 1.54) is 37.7 Å². The van der Waals surface area contributed by atoms with E-state index in [-0.39, 0.29) is 13.2 Å². The van der Waals surface area contributed by atoms with Gasteiger partial charge in [0.1, 0.15) is 17.2 Å². The second-order valence-electron chi connectivity index (χ2n) is 7.20. The summed E-state index contributed by atoms with van der Waals surface area (Å²) < 4.78 is 0. The Labute approximate surface area is 157 Å². The molecule has 0 spiro atoms. The zero-order valence-electron chi connectivity index (χ0n) is 16.1. The molecule has 0 radical (unpaired) electrons. The molecule has 0 aliphatic carbocycles. The molecule has 0 unspecified atom stereocenters. The summed E-state index contributed by atoms with van der Waals surface area (Å²) in [6.45, 7) is 2.17. The second kappa shape index (κ2) is 12.7. The largest absolute Gasteiger partial charge is 0.394 e. The molecule has 0 aliphatic heterocycles. The molecule has 0 amide bonds. The standard InChI is InChI=1S/C20H35N4O2/c1-2-3-4-5-6-7-8-18-10-9-17(13-19(18)14-23-24-22)11-12-20(21,15-25)16-26/h9-10,13,22,25-26H,2-8,11-12,14-16,21H2,1H3/q+1. The molecule has 0 saturated carbocycles. The molecule has 6 heteroatoms. The molecule has 0 heterocycles. The van der Waals surface area contributed by atoms with E-state index in [2.05, 4.69) is 35.1 Å². The predicted molar refractivity (Wildman–Crippen MR) is 104 cm³/mol. The first kappa shape index (κ1) is 22.5. The van der Waals surface area contributed by atoms with Gasteiger partial charge in [-0.25, -0.2) is 0 Å². The molecule has 0 aliphatic rings. The van der Waals surface area contributed by atoms with Crippen molar-refractivity contribution in [1.82, 2.24) is 4.91 Å². The lowest BCUT2D eigenvalue weighted by Crippen LogP contribution is -2.47. The Bertz CT molecular complexity index is 567. The fourth-order valence-electron chi connectivity index (χ4n) is 3.03. The highest BCUT2D eigenvalue weighted by atomic mass is 16.3. The SMILES string of the molecule is CCCCCCCCc1ccc(CCC(N)(CO)CO)cc1CN=[N+]=N. The van der Waals surface area contributed by atoms with E-state index < -0.39 is 5.54 Å². The van der Waals surface area contributed by atoms with Gasteiger partial charge in [0.15, 0.2) is 0 Å². The van der Waals surface area contributed by atoms with Crippen molar-refractivity contribution in [3.8, 4) is 0 Å². The topological polar surface area (TPSA) is 117 Å². The van der Waals surface area contributed by atoms with Gasteiger partial charge in [0.2, 0.25) is 4.91 Å². The van der Waals surface area contributed by atoms with Crippen molar-refractivity contribution in [1.29, 1.82) is 5.53 Å². The quantitative estimate of drug-likeness (QED) is 0.231. The van der Waals surface area contributed by atoms with Crippen LogP contribution in [0.1, 0.15) is 68.6 Å². The molecule has 0 bridgehead atoms. The first-order valence-corrected chi connectivity index (χ1v) is 9.73. The Kier molecular flexibility index (Phi) is 11.0. The van der Waals surface area contributed by atoms with Crippen LogP contribution in [-0.4, -0.2) is 29.0 Å². The van der Waals surface area contributed by atoms with Crippen LogP contribution >= 0.6 is 0 Å². The maximum atomic E-state index is 9.32. The number of rotatable bonds is 14. The number of nitrogens with zero attached hydrogens (tertiary/aromatic N) is 2. The molecule has 0 saturated heterocycles. The molecular weight excluding hydrogens is 328 g/mol. The van der Waals surface area contributed by atoms with E-state index in [0.29, 0.717) is 19.4 Å². The number of benzene rings is 1. The van der Waals surface area contributed by atoms with Gasteiger partial charge < -0.3 is 15.9 Å². The number of nitrogens with one attached hydrogen (secondary N) is 1. The van der Waals surface area contributed by atoms with Crippen molar-refractivity contribution in [3.05, 3.63) is 34.9 Å². The first-order valence-electron chi connectivity index (χ1n) is 9.73. The Morgan fingerprint density at radius 3 is 2.38 bits per heavy atom. The number of aryl methyl sites for hydroxylation is 2. The molecule has 1 rings (SSSR count). The van der Waals surface area contributed by atoms with Crippen LogP contribution < -0.4 is 10.6 Å². The number of hydrogen-bond donors (Lipinski definition) is 4. The van der Waals surface area contributed by atoms with Crippen LogP contribution in [0.3, 0.4) is 0 Å². The highest BCUT2D eigenvalue weighted by Gasteiger charge is 2.22. The summed E-state index contributed by atoms with van der Waals surface area (Å²) in [4.78, 5) is 3.13. The molecule has 146 valence electrons. The molecule has 1 aromatic carbocycles. The molecule has 5 N–H and O–H groups in total. The van der Waals surface area contributed by atoms with Gasteiger partial charge in [0.05, 0.1) is 18.8 Å². The Morgan fingerprint density at radius 2 is 1.73 bits per heavy atom. The summed E-state index contributed by atoms with van der Waals surface area (Å²) in [7, 11) is 0. The Hall–Kier alpha value is -1.59. The molecule has 0 fully saturated rings. The third kappa shape index (κ3) is 8.19. The maximum absolute atomic E-state index is 9.32. The summed E-state index contributed by atoms with van der Waals surface area (Å²) in [6.07, 6.45) is 9.79. The third-order valence-electron chi connectivity index (χ3n) is 4.92. The highest BCUT2D eigenvalue weighted by molar-refractivity contribution is 5.32. The lowest BCUT2D eigenvalue weighted by molar-refractivity contribution is 0.115. The van der Waals surface area contributed by atoms with Crippen molar-refractivity contribution in [2.24, 2.45) is 10.8 Å². The minimum absolute atomic E-state index is 0.237. The maximum Gasteiger partial charge on any atom is 0.214 e. The van der Waals surface area contributed by atoms with Gasteiger partial charge in [-0.2, -0.15) is 0 Å². The highest BCUT2D eigenvalue weighted by Crippen LogP contribution is 2.19. The van der Waals surface area contributed by atoms with E-state index in [1.807, 2.05) is 0 Å². The van der Waals surface area contributed by atoms with Crippen LogP contribution in [-0.2, 0) is 19.4 Å². The number of hydrogen-bond acceptors (Lipinski definition) is 5. The third-order valence-corrected chi connectivity index (χ3v) is 4.92. The van der Waals surface area contributed by atoms with E-state index in [1.54, 1.807) is 0 Å². The van der Waals surface area contributed by atoms with Crippen LogP contribution in [0.15, 0.2) is 23.3 Å². The van der Waals surface area contributed by atoms with Crippen LogP contribution in [0.2, 0.25) is 0 Å². The van der Waals surface area contributed by atoms with Crippen LogP contribution in [0, 0.1) is 5.53 Å². The molecule has 1 aromatic rings. The van der Waals surface area contributed by atoms with Crippen LogP contribution in [0.25, 0.3) is 0 Å². The van der Waals surface area contributed by atoms with Crippen LogP contribution in [0.4, 0.5) is 0 Å². The van der Waals surface area contributed by atoms with Gasteiger partial charge >= 0.3 is 0 Å². The summed E-state index contributed by atoms with van der Waals surface area (Å²) in [5.74, 6) is 0. The fourth-order valence-corrected chi connectivity index (χ4v) is 3.03. The van der Waals surface area contributed by atoms with Crippen molar-refractivity contribution in [2.75, 3.05) is 13.2 Å². The number of aliphatic hydroxyl groups is 2. The van der Waals surface area contributed by atoms with E-state index in [4.69, 9.17) is 11.3 Å². The summed E-state index contributed by atoms with van der Waals surface area (Å²) in [6, 6.07) is 6.31. The van der Waals surface area contributed by atoms with E-state index in [0.717, 1.165) is 24.0 Å². The average Bonchev–Trinajstić information content (AvgIpc) is 2.68. The summed E-state index contributed by atoms with van der Waals surface area (Å²) in [5, 5.41) is 22.5. The second-order valence-corrected chi connectivity index (χ2v) is 7.20. The zero-order valence-corrected chi connectivity index (χ0v) is 16.1. The molecule has 0 atom stereocenters. The normalized spacial score (nSPS) is 11.4. The fraction of sp³-hybridized carbons (Fsp3) is 0.700. The number of aliphatic hydroxyl groups excluding tert-OH is 2.